The zero-order valence-electron chi connectivity index (χ0n) is 13.3. The molecule has 0 aromatic carbocycles. The van der Waals surface area contributed by atoms with Crippen molar-refractivity contribution in [3.8, 4) is 0 Å². The zero-order valence-corrected chi connectivity index (χ0v) is 14.1. The van der Waals surface area contributed by atoms with Crippen molar-refractivity contribution in [2.45, 2.75) is 45.2 Å². The summed E-state index contributed by atoms with van der Waals surface area (Å²) in [5.41, 5.74) is 0. The van der Waals surface area contributed by atoms with Crippen LogP contribution in [-0.4, -0.2) is 43.9 Å². The van der Waals surface area contributed by atoms with Crippen molar-refractivity contribution in [1.29, 1.82) is 0 Å². The van der Waals surface area contributed by atoms with Gasteiger partial charge in [0.25, 0.3) is 0 Å². The second-order valence-electron chi connectivity index (χ2n) is 6.35. The van der Waals surface area contributed by atoms with Crippen molar-refractivity contribution in [1.82, 2.24) is 24.2 Å². The van der Waals surface area contributed by atoms with Gasteiger partial charge in [-0.05, 0) is 33.2 Å². The van der Waals surface area contributed by atoms with Gasteiger partial charge in [-0.3, -0.25) is 4.68 Å². The van der Waals surface area contributed by atoms with E-state index in [0.717, 1.165) is 26.2 Å². The lowest BCUT2D eigenvalue weighted by molar-refractivity contribution is 0.192. The maximum absolute atomic E-state index is 5.91. The first kappa shape index (κ1) is 15.6. The molecular weight excluding hydrogens is 298 g/mol. The molecule has 1 aliphatic rings. The fourth-order valence-corrected chi connectivity index (χ4v) is 3.41. The van der Waals surface area contributed by atoms with Crippen molar-refractivity contribution >= 4 is 11.6 Å². The Kier molecular flexibility index (Phi) is 4.84. The van der Waals surface area contributed by atoms with E-state index in [2.05, 4.69) is 39.6 Å². The lowest BCUT2D eigenvalue weighted by Crippen LogP contribution is -2.37. The summed E-state index contributed by atoms with van der Waals surface area (Å²) < 4.78 is 4.22. The van der Waals surface area contributed by atoms with Crippen LogP contribution >= 0.6 is 11.6 Å². The van der Waals surface area contributed by atoms with Gasteiger partial charge in [-0.25, -0.2) is 4.98 Å². The van der Waals surface area contributed by atoms with E-state index in [4.69, 9.17) is 11.6 Å². The van der Waals surface area contributed by atoms with Crippen molar-refractivity contribution in [2.75, 3.05) is 19.6 Å². The third-order valence-electron chi connectivity index (χ3n) is 4.37. The smallest absolute Gasteiger partial charge is 0.113 e. The Morgan fingerprint density at radius 3 is 2.95 bits per heavy atom. The molecule has 0 saturated carbocycles. The largest absolute Gasteiger partial charge is 0.332 e. The van der Waals surface area contributed by atoms with Gasteiger partial charge in [-0.2, -0.15) is 5.10 Å². The molecule has 0 spiro atoms. The summed E-state index contributed by atoms with van der Waals surface area (Å²) in [7, 11) is 0. The highest BCUT2D eigenvalue weighted by molar-refractivity contribution is 6.30. The maximum atomic E-state index is 5.91. The van der Waals surface area contributed by atoms with Gasteiger partial charge < -0.3 is 9.47 Å². The van der Waals surface area contributed by atoms with Gasteiger partial charge in [0.1, 0.15) is 5.82 Å². The molecule has 3 rings (SSSR count). The summed E-state index contributed by atoms with van der Waals surface area (Å²) in [4.78, 5) is 7.14. The SMILES string of the molecule is CC(C)n1ccnc1C1CCCN(CCn2cc(Cl)cn2)C1. The van der Waals surface area contributed by atoms with Gasteiger partial charge in [0.05, 0.1) is 17.8 Å². The normalized spacial score (nSPS) is 19.9. The summed E-state index contributed by atoms with van der Waals surface area (Å²) >= 11 is 5.91. The molecule has 0 radical (unpaired) electrons. The van der Waals surface area contributed by atoms with Gasteiger partial charge in [-0.15, -0.1) is 0 Å². The summed E-state index contributed by atoms with van der Waals surface area (Å²) in [6, 6.07) is 0.471. The monoisotopic (exact) mass is 321 g/mol. The summed E-state index contributed by atoms with van der Waals surface area (Å²) in [6.45, 7) is 8.57. The molecule has 120 valence electrons. The van der Waals surface area contributed by atoms with E-state index in [-0.39, 0.29) is 0 Å². The van der Waals surface area contributed by atoms with Gasteiger partial charge in [0, 0.05) is 43.6 Å². The molecule has 1 unspecified atom stereocenters. The lowest BCUT2D eigenvalue weighted by atomic mass is 9.97. The molecule has 1 saturated heterocycles. The van der Waals surface area contributed by atoms with Crippen LogP contribution in [0.2, 0.25) is 5.02 Å². The molecule has 3 heterocycles. The average Bonchev–Trinajstić information content (AvgIpc) is 3.14. The molecule has 5 nitrogen and oxygen atoms in total. The Balaban J connectivity index is 1.60. The van der Waals surface area contributed by atoms with Gasteiger partial charge in [0.15, 0.2) is 0 Å². The Hall–Kier alpha value is -1.33. The van der Waals surface area contributed by atoms with Crippen LogP contribution in [0.25, 0.3) is 0 Å². The van der Waals surface area contributed by atoms with Gasteiger partial charge >= 0.3 is 0 Å². The van der Waals surface area contributed by atoms with Crippen LogP contribution in [0, 0.1) is 0 Å². The molecule has 1 atom stereocenters. The van der Waals surface area contributed by atoms with Crippen molar-refractivity contribution < 1.29 is 0 Å². The Morgan fingerprint density at radius 2 is 2.23 bits per heavy atom. The highest BCUT2D eigenvalue weighted by Gasteiger charge is 2.25. The quantitative estimate of drug-likeness (QED) is 0.849. The van der Waals surface area contributed by atoms with E-state index in [9.17, 15) is 0 Å². The molecule has 0 N–H and O–H groups in total. The first-order chi connectivity index (χ1) is 10.6. The molecule has 0 amide bonds. The van der Waals surface area contributed by atoms with E-state index in [1.807, 2.05) is 17.1 Å². The predicted octanol–water partition coefficient (Wildman–Crippen LogP) is 3.19. The van der Waals surface area contributed by atoms with Crippen molar-refractivity contribution in [3.63, 3.8) is 0 Å². The average molecular weight is 322 g/mol. The number of hydrogen-bond acceptors (Lipinski definition) is 3. The third kappa shape index (κ3) is 3.52. The van der Waals surface area contributed by atoms with Crippen molar-refractivity contribution in [3.05, 3.63) is 35.6 Å². The number of rotatable bonds is 5. The number of nitrogens with zero attached hydrogens (tertiary/aromatic N) is 5. The van der Waals surface area contributed by atoms with E-state index in [0.29, 0.717) is 17.0 Å². The first-order valence-electron chi connectivity index (χ1n) is 8.06. The van der Waals surface area contributed by atoms with Crippen LogP contribution in [0.15, 0.2) is 24.8 Å². The number of aromatic nitrogens is 4. The number of hydrogen-bond donors (Lipinski definition) is 0. The van der Waals surface area contributed by atoms with Crippen LogP contribution < -0.4 is 0 Å². The summed E-state index contributed by atoms with van der Waals surface area (Å²) in [5.74, 6) is 1.77. The van der Waals surface area contributed by atoms with E-state index >= 15 is 0 Å². The summed E-state index contributed by atoms with van der Waals surface area (Å²) in [6.07, 6.45) is 10.1. The number of likely N-dealkylation sites (tertiary alicyclic amines) is 1. The molecule has 1 fully saturated rings. The number of halogens is 1. The molecular formula is C16H24ClN5. The zero-order chi connectivity index (χ0) is 15.5. The predicted molar refractivity (Wildman–Crippen MR) is 88.3 cm³/mol. The summed E-state index contributed by atoms with van der Waals surface area (Å²) in [5, 5.41) is 4.95. The van der Waals surface area contributed by atoms with Crippen LogP contribution in [0.4, 0.5) is 0 Å². The minimum atomic E-state index is 0.471. The second-order valence-corrected chi connectivity index (χ2v) is 6.78. The molecule has 2 aromatic heterocycles. The molecule has 6 heteroatoms. The standard InChI is InChI=1S/C16H24ClN5/c1-13(2)22-7-5-18-16(22)14-4-3-6-20(11-14)8-9-21-12-15(17)10-19-21/h5,7,10,12-14H,3-4,6,8-9,11H2,1-2H3. The highest BCUT2D eigenvalue weighted by atomic mass is 35.5. The van der Waals surface area contributed by atoms with E-state index in [1.54, 1.807) is 6.20 Å². The van der Waals surface area contributed by atoms with Crippen LogP contribution in [-0.2, 0) is 6.54 Å². The topological polar surface area (TPSA) is 38.9 Å². The minimum absolute atomic E-state index is 0.471. The lowest BCUT2D eigenvalue weighted by Gasteiger charge is -2.33. The van der Waals surface area contributed by atoms with Crippen LogP contribution in [0.1, 0.15) is 44.5 Å². The van der Waals surface area contributed by atoms with Crippen LogP contribution in [0.5, 0.6) is 0 Å². The highest BCUT2D eigenvalue weighted by Crippen LogP contribution is 2.27. The minimum Gasteiger partial charge on any atom is -0.332 e. The van der Waals surface area contributed by atoms with Gasteiger partial charge in [-0.1, -0.05) is 11.6 Å². The Morgan fingerprint density at radius 1 is 1.36 bits per heavy atom. The van der Waals surface area contributed by atoms with Gasteiger partial charge in [0.2, 0.25) is 0 Å². The number of piperidine rings is 1. The van der Waals surface area contributed by atoms with Crippen LogP contribution in [0.3, 0.4) is 0 Å². The fraction of sp³-hybridized carbons (Fsp3) is 0.625. The van der Waals surface area contributed by atoms with E-state index in [1.165, 1.54) is 18.7 Å². The molecule has 22 heavy (non-hydrogen) atoms. The molecule has 0 bridgehead atoms. The Bertz CT molecular complexity index is 603. The maximum Gasteiger partial charge on any atom is 0.113 e. The van der Waals surface area contributed by atoms with E-state index < -0.39 is 0 Å². The van der Waals surface area contributed by atoms with Crippen molar-refractivity contribution in [2.24, 2.45) is 0 Å². The molecule has 1 aliphatic heterocycles. The number of imidazole rings is 1. The Labute approximate surface area is 136 Å². The second kappa shape index (κ2) is 6.84. The molecule has 2 aromatic rings. The fourth-order valence-electron chi connectivity index (χ4n) is 3.25. The third-order valence-corrected chi connectivity index (χ3v) is 4.57. The molecule has 0 aliphatic carbocycles. The first-order valence-corrected chi connectivity index (χ1v) is 8.44.